The third kappa shape index (κ3) is 4.19. The van der Waals surface area contributed by atoms with Crippen LogP contribution in [-0.2, 0) is 14.4 Å². The first kappa shape index (κ1) is 18.4. The van der Waals surface area contributed by atoms with Crippen molar-refractivity contribution in [1.82, 2.24) is 10.2 Å². The third-order valence-corrected chi connectivity index (χ3v) is 3.81. The zero-order valence-corrected chi connectivity index (χ0v) is 13.9. The molecule has 0 saturated carbocycles. The minimum Gasteiger partial charge on any atom is -0.391 e. The van der Waals surface area contributed by atoms with Crippen molar-refractivity contribution in [2.75, 3.05) is 6.54 Å². The van der Waals surface area contributed by atoms with Crippen molar-refractivity contribution in [1.29, 1.82) is 0 Å². The number of nitrogens with one attached hydrogen (secondary N) is 1. The molecule has 3 amide bonds. The lowest BCUT2D eigenvalue weighted by Gasteiger charge is -2.35. The van der Waals surface area contributed by atoms with Crippen molar-refractivity contribution in [3.63, 3.8) is 0 Å². The second kappa shape index (κ2) is 6.64. The maximum absolute atomic E-state index is 12.8. The Labute approximate surface area is 131 Å². The molecule has 4 N–H and O–H groups in total. The van der Waals surface area contributed by atoms with Crippen LogP contribution in [0.4, 0.5) is 0 Å². The fourth-order valence-electron chi connectivity index (χ4n) is 2.45. The summed E-state index contributed by atoms with van der Waals surface area (Å²) in [7, 11) is 0. The monoisotopic (exact) mass is 313 g/mol. The molecule has 3 atom stereocenters. The van der Waals surface area contributed by atoms with Crippen LogP contribution in [-0.4, -0.2) is 52.5 Å². The molecular formula is C15H27N3O4. The smallest absolute Gasteiger partial charge is 0.246 e. The molecule has 1 fully saturated rings. The third-order valence-electron chi connectivity index (χ3n) is 3.81. The fourth-order valence-corrected chi connectivity index (χ4v) is 2.45. The van der Waals surface area contributed by atoms with Gasteiger partial charge < -0.3 is 21.1 Å². The van der Waals surface area contributed by atoms with E-state index in [1.807, 2.05) is 20.8 Å². The molecule has 0 spiro atoms. The first-order valence-electron chi connectivity index (χ1n) is 7.53. The van der Waals surface area contributed by atoms with Crippen LogP contribution in [0.25, 0.3) is 0 Å². The number of aliphatic hydroxyl groups excluding tert-OH is 1. The Morgan fingerprint density at radius 3 is 2.23 bits per heavy atom. The van der Waals surface area contributed by atoms with Gasteiger partial charge in [-0.25, -0.2) is 0 Å². The highest BCUT2D eigenvalue weighted by atomic mass is 16.3. The van der Waals surface area contributed by atoms with Crippen molar-refractivity contribution in [3.05, 3.63) is 0 Å². The molecule has 0 radical (unpaired) electrons. The molecule has 0 aliphatic carbocycles. The zero-order chi connectivity index (χ0) is 17.2. The van der Waals surface area contributed by atoms with Gasteiger partial charge in [0.25, 0.3) is 0 Å². The van der Waals surface area contributed by atoms with Gasteiger partial charge in [0.1, 0.15) is 12.1 Å². The number of nitrogens with zero attached hydrogens (tertiary/aromatic N) is 1. The van der Waals surface area contributed by atoms with E-state index in [0.717, 1.165) is 0 Å². The van der Waals surface area contributed by atoms with Crippen molar-refractivity contribution in [3.8, 4) is 0 Å². The number of carbonyl (C=O) groups is 3. The Hall–Kier alpha value is -1.63. The summed E-state index contributed by atoms with van der Waals surface area (Å²) in [4.78, 5) is 37.6. The van der Waals surface area contributed by atoms with Crippen LogP contribution in [0.1, 0.15) is 41.0 Å². The molecule has 7 heteroatoms. The number of nitrogens with two attached hydrogens (primary N) is 1. The van der Waals surface area contributed by atoms with Gasteiger partial charge in [0.05, 0.1) is 6.10 Å². The molecule has 7 nitrogen and oxygen atoms in total. The number of carbonyl (C=O) groups excluding carboxylic acids is 3. The van der Waals surface area contributed by atoms with E-state index >= 15 is 0 Å². The SMILES string of the molecule is CC(C)C(=O)NC(C(=O)N1CC(O)CC1C(N)=O)C(C)(C)C. The fraction of sp³-hybridized carbons (Fsp3) is 0.800. The molecule has 1 rings (SSSR count). The summed E-state index contributed by atoms with van der Waals surface area (Å²) in [6.45, 7) is 9.04. The minimum atomic E-state index is -0.830. The predicted molar refractivity (Wildman–Crippen MR) is 81.5 cm³/mol. The number of β-amino-alcohol motifs (C(OH)–C–C–N with tert-alkyl or cyclic N) is 1. The van der Waals surface area contributed by atoms with Gasteiger partial charge in [0.2, 0.25) is 17.7 Å². The standard InChI is InChI=1S/C15H27N3O4/c1-8(2)13(21)17-11(15(3,4)5)14(22)18-7-9(19)6-10(18)12(16)20/h8-11,19H,6-7H2,1-5H3,(H2,16,20)(H,17,21). The Morgan fingerprint density at radius 2 is 1.82 bits per heavy atom. The zero-order valence-electron chi connectivity index (χ0n) is 13.9. The van der Waals surface area contributed by atoms with Gasteiger partial charge in [-0.1, -0.05) is 34.6 Å². The predicted octanol–water partition coefficient (Wildman–Crippen LogP) is -0.380. The van der Waals surface area contributed by atoms with Crippen molar-refractivity contribution < 1.29 is 19.5 Å². The van der Waals surface area contributed by atoms with Gasteiger partial charge >= 0.3 is 0 Å². The van der Waals surface area contributed by atoms with E-state index in [0.29, 0.717) is 0 Å². The second-order valence-corrected chi connectivity index (χ2v) is 7.26. The average molecular weight is 313 g/mol. The van der Waals surface area contributed by atoms with Crippen LogP contribution in [0.3, 0.4) is 0 Å². The molecule has 1 saturated heterocycles. The second-order valence-electron chi connectivity index (χ2n) is 7.26. The lowest BCUT2D eigenvalue weighted by atomic mass is 9.85. The summed E-state index contributed by atoms with van der Waals surface area (Å²) in [6, 6.07) is -1.61. The number of amides is 3. The average Bonchev–Trinajstić information content (AvgIpc) is 2.75. The van der Waals surface area contributed by atoms with Gasteiger partial charge in [-0.05, 0) is 5.41 Å². The van der Waals surface area contributed by atoms with E-state index in [1.165, 1.54) is 4.90 Å². The molecule has 3 unspecified atom stereocenters. The molecular weight excluding hydrogens is 286 g/mol. The number of primary amides is 1. The molecule has 22 heavy (non-hydrogen) atoms. The Bertz CT molecular complexity index is 456. The molecule has 126 valence electrons. The van der Waals surface area contributed by atoms with Gasteiger partial charge in [0.15, 0.2) is 0 Å². The topological polar surface area (TPSA) is 113 Å². The summed E-state index contributed by atoms with van der Waals surface area (Å²) >= 11 is 0. The maximum atomic E-state index is 12.8. The molecule has 1 aliphatic rings. The van der Waals surface area contributed by atoms with Crippen LogP contribution < -0.4 is 11.1 Å². The highest BCUT2D eigenvalue weighted by Gasteiger charge is 2.43. The van der Waals surface area contributed by atoms with Gasteiger partial charge in [-0.15, -0.1) is 0 Å². The van der Waals surface area contributed by atoms with Crippen molar-refractivity contribution in [2.24, 2.45) is 17.1 Å². The quantitative estimate of drug-likeness (QED) is 0.656. The largest absolute Gasteiger partial charge is 0.391 e. The summed E-state index contributed by atoms with van der Waals surface area (Å²) in [6.07, 6.45) is -0.640. The van der Waals surface area contributed by atoms with Crippen LogP contribution in [0, 0.1) is 11.3 Å². The first-order chi connectivity index (χ1) is 9.95. The number of hydrogen-bond acceptors (Lipinski definition) is 4. The molecule has 0 aromatic carbocycles. The van der Waals surface area contributed by atoms with Crippen LogP contribution >= 0.6 is 0 Å². The van der Waals surface area contributed by atoms with E-state index in [2.05, 4.69) is 5.32 Å². The Morgan fingerprint density at radius 1 is 1.27 bits per heavy atom. The first-order valence-corrected chi connectivity index (χ1v) is 7.53. The summed E-state index contributed by atoms with van der Waals surface area (Å²) in [5.74, 6) is -1.52. The minimum absolute atomic E-state index is 0.0522. The number of likely N-dealkylation sites (tertiary alicyclic amines) is 1. The van der Waals surface area contributed by atoms with E-state index in [4.69, 9.17) is 5.73 Å². The van der Waals surface area contributed by atoms with E-state index in [-0.39, 0.29) is 30.7 Å². The normalized spacial score (nSPS) is 23.5. The summed E-state index contributed by atoms with van der Waals surface area (Å²) < 4.78 is 0. The maximum Gasteiger partial charge on any atom is 0.246 e. The number of rotatable bonds is 4. The van der Waals surface area contributed by atoms with Crippen LogP contribution in [0.15, 0.2) is 0 Å². The van der Waals surface area contributed by atoms with E-state index < -0.39 is 29.5 Å². The van der Waals surface area contributed by atoms with Crippen molar-refractivity contribution >= 4 is 17.7 Å². The molecule has 0 bridgehead atoms. The highest BCUT2D eigenvalue weighted by molar-refractivity contribution is 5.93. The van der Waals surface area contributed by atoms with Gasteiger partial charge in [-0.3, -0.25) is 14.4 Å². The van der Waals surface area contributed by atoms with Crippen molar-refractivity contribution in [2.45, 2.75) is 59.2 Å². The summed E-state index contributed by atoms with van der Waals surface area (Å²) in [5, 5.41) is 12.5. The molecule has 1 aliphatic heterocycles. The summed E-state index contributed by atoms with van der Waals surface area (Å²) in [5.41, 5.74) is 4.79. The van der Waals surface area contributed by atoms with E-state index in [1.54, 1.807) is 13.8 Å². The Balaban J connectivity index is 3.01. The molecule has 0 aromatic rings. The van der Waals surface area contributed by atoms with Crippen LogP contribution in [0.5, 0.6) is 0 Å². The molecule has 0 aromatic heterocycles. The van der Waals surface area contributed by atoms with Crippen LogP contribution in [0.2, 0.25) is 0 Å². The molecule has 1 heterocycles. The Kier molecular flexibility index (Phi) is 5.56. The highest BCUT2D eigenvalue weighted by Crippen LogP contribution is 2.26. The van der Waals surface area contributed by atoms with Gasteiger partial charge in [0, 0.05) is 18.9 Å². The van der Waals surface area contributed by atoms with E-state index in [9.17, 15) is 19.5 Å². The van der Waals surface area contributed by atoms with Gasteiger partial charge in [-0.2, -0.15) is 0 Å². The number of aliphatic hydroxyl groups is 1. The lowest BCUT2D eigenvalue weighted by molar-refractivity contribution is -0.143. The lowest BCUT2D eigenvalue weighted by Crippen LogP contribution is -2.58. The number of hydrogen-bond donors (Lipinski definition) is 3.